The number of benzene rings is 4. The molecule has 6 rings (SSSR count). The minimum atomic E-state index is -2.21. The molecule has 0 radical (unpaired) electrons. The van der Waals surface area contributed by atoms with Gasteiger partial charge in [-0.05, 0) is 0 Å². The van der Waals surface area contributed by atoms with Crippen molar-refractivity contribution in [2.24, 2.45) is 0 Å². The first-order valence-electron chi connectivity index (χ1n) is 18.1. The Morgan fingerprint density at radius 2 is 0.917 bits per heavy atom. The van der Waals surface area contributed by atoms with E-state index >= 15 is 0 Å². The van der Waals surface area contributed by atoms with Gasteiger partial charge >= 0.3 is 289 Å². The first-order chi connectivity index (χ1) is 22.6. The van der Waals surface area contributed by atoms with Gasteiger partial charge in [0, 0.05) is 0 Å². The van der Waals surface area contributed by atoms with Gasteiger partial charge in [-0.15, -0.1) is 0 Å². The van der Waals surface area contributed by atoms with E-state index in [9.17, 15) is 0 Å². The number of fused-ring (bicyclic) bond motifs is 2. The summed E-state index contributed by atoms with van der Waals surface area (Å²) in [6.45, 7) is 10.1. The molecule has 0 saturated heterocycles. The molecule has 250 valence electrons. The van der Waals surface area contributed by atoms with Gasteiger partial charge < -0.3 is 24.8 Å². The molecule has 2 unspecified atom stereocenters. The Bertz CT molecular complexity index is 1610. The second kappa shape index (κ2) is 18.9. The van der Waals surface area contributed by atoms with Crippen molar-refractivity contribution in [3.05, 3.63) is 130 Å². The average molecular weight is 771 g/mol. The molecule has 4 aromatic rings. The minimum Gasteiger partial charge on any atom is -1.00 e. The zero-order valence-corrected chi connectivity index (χ0v) is 34.3. The number of allylic oxidation sites excluding steroid dienone is 2. The van der Waals surface area contributed by atoms with E-state index in [4.69, 9.17) is 0 Å². The van der Waals surface area contributed by atoms with Crippen LogP contribution in [0.2, 0.25) is 13.1 Å². The Morgan fingerprint density at radius 3 is 1.29 bits per heavy atom. The van der Waals surface area contributed by atoms with Gasteiger partial charge in [-0.25, -0.2) is 0 Å². The van der Waals surface area contributed by atoms with E-state index in [0.717, 1.165) is 0 Å². The molecule has 4 aromatic carbocycles. The number of unbranched alkanes of at least 4 members (excludes halogenated alkanes) is 6. The predicted octanol–water partition coefficient (Wildman–Crippen LogP) is 7.42. The molecular weight excluding hydrogens is 719 g/mol. The molecule has 0 fully saturated rings. The van der Waals surface area contributed by atoms with Gasteiger partial charge in [-0.2, -0.15) is 0 Å². The predicted molar refractivity (Wildman–Crippen MR) is 200 cm³/mol. The van der Waals surface area contributed by atoms with Crippen LogP contribution in [-0.4, -0.2) is 5.43 Å². The van der Waals surface area contributed by atoms with Crippen LogP contribution in [0.25, 0.3) is 34.4 Å². The fourth-order valence-electron chi connectivity index (χ4n) is 8.09. The number of halogens is 2. The maximum Gasteiger partial charge on any atom is -1.00 e. The van der Waals surface area contributed by atoms with E-state index < -0.39 is 25.8 Å². The first kappa shape index (κ1) is 38.8. The van der Waals surface area contributed by atoms with Crippen LogP contribution in [0.5, 0.6) is 0 Å². The molecule has 0 aromatic heterocycles. The summed E-state index contributed by atoms with van der Waals surface area (Å²) in [5, 5.41) is 0. The first-order valence-corrected chi connectivity index (χ1v) is 27.1. The van der Waals surface area contributed by atoms with E-state index in [2.05, 4.69) is 136 Å². The summed E-state index contributed by atoms with van der Waals surface area (Å²) in [4.78, 5) is 0. The van der Waals surface area contributed by atoms with Gasteiger partial charge in [0.05, 0.1) is 0 Å². The molecule has 0 N–H and O–H groups in total. The Kier molecular flexibility index (Phi) is 15.3. The number of hydrogen-bond donors (Lipinski definition) is 0. The molecule has 2 aliphatic rings. The second-order valence-corrected chi connectivity index (χ2v) is 31.6. The van der Waals surface area contributed by atoms with E-state index in [-0.39, 0.29) is 24.8 Å². The molecular formula is C44H52Cl2SiZr. The molecule has 0 bridgehead atoms. The summed E-state index contributed by atoms with van der Waals surface area (Å²) in [5.74, 6) is 0. The largest absolute Gasteiger partial charge is 1.00 e. The Morgan fingerprint density at radius 1 is 0.500 bits per heavy atom. The standard InChI is InChI=1S/2C21H23.C2H6Si.2ClH.Zr/c2*1-2-3-4-6-10-17-15-19-13-9-14-20(21(19)16-17)18-11-7-5-8-12-18;1-3-2;;;/h2*5,7-9,11-16H,2-4,6,10H2,1H3;1-2H3;2*1H;/q;;;;;+2/p-2. The minimum absolute atomic E-state index is 0. The molecule has 0 heterocycles. The Balaban J connectivity index is 0.00000260. The Labute approximate surface area is 311 Å². The van der Waals surface area contributed by atoms with Crippen LogP contribution < -0.4 is 24.8 Å². The zero-order chi connectivity index (χ0) is 31.9. The zero-order valence-electron chi connectivity index (χ0n) is 29.4. The van der Waals surface area contributed by atoms with Crippen molar-refractivity contribution < 1.29 is 45.2 Å². The summed E-state index contributed by atoms with van der Waals surface area (Å²) in [5.41, 5.74) is 15.1. The molecule has 2 atom stereocenters. The third kappa shape index (κ3) is 8.49. The van der Waals surface area contributed by atoms with E-state index in [1.807, 2.05) is 0 Å². The van der Waals surface area contributed by atoms with Crippen LogP contribution in [0.4, 0.5) is 0 Å². The summed E-state index contributed by atoms with van der Waals surface area (Å²) < 4.78 is 1.36. The van der Waals surface area contributed by atoms with Gasteiger partial charge in [-0.3, -0.25) is 0 Å². The molecule has 0 amide bonds. The van der Waals surface area contributed by atoms with E-state index in [0.29, 0.717) is 7.25 Å². The third-order valence-corrected chi connectivity index (χ3v) is 29.8. The molecule has 0 saturated carbocycles. The van der Waals surface area contributed by atoms with Crippen LogP contribution in [0.1, 0.15) is 108 Å². The van der Waals surface area contributed by atoms with Crippen molar-refractivity contribution in [1.82, 2.24) is 0 Å². The Hall–Kier alpha value is -1.96. The summed E-state index contributed by atoms with van der Waals surface area (Å²) >= 11 is -2.21. The number of rotatable bonds is 14. The van der Waals surface area contributed by atoms with Gasteiger partial charge in [0.2, 0.25) is 0 Å². The SMILES string of the molecule is CCCCCCC1=Cc2c(-c3ccccc3)cccc2[CH]1[Zr+2]([CH]1C(CCCCCC)=Cc2c(-c3ccccc3)cccc21)=[Si](C)C.[Cl-].[Cl-]. The quantitative estimate of drug-likeness (QED) is 0.0927. The molecule has 0 aliphatic heterocycles. The molecule has 0 spiro atoms. The molecule has 0 nitrogen and oxygen atoms in total. The van der Waals surface area contributed by atoms with Crippen molar-refractivity contribution in [2.45, 2.75) is 98.4 Å². The van der Waals surface area contributed by atoms with Crippen molar-refractivity contribution in [3.8, 4) is 22.3 Å². The smallest absolute Gasteiger partial charge is 1.00 e. The fraction of sp³-hybridized carbons (Fsp3) is 0.364. The molecule has 4 heteroatoms. The van der Waals surface area contributed by atoms with Crippen LogP contribution in [0.15, 0.2) is 108 Å². The molecule has 48 heavy (non-hydrogen) atoms. The maximum absolute atomic E-state index is 2.70. The van der Waals surface area contributed by atoms with Crippen molar-refractivity contribution in [2.75, 3.05) is 0 Å². The summed E-state index contributed by atoms with van der Waals surface area (Å²) in [6, 6.07) is 36.9. The van der Waals surface area contributed by atoms with Crippen molar-refractivity contribution >= 4 is 17.6 Å². The summed E-state index contributed by atoms with van der Waals surface area (Å²) in [6.07, 6.45) is 18.6. The van der Waals surface area contributed by atoms with E-state index in [1.54, 1.807) is 22.3 Å². The van der Waals surface area contributed by atoms with Crippen LogP contribution in [-0.2, 0) is 20.4 Å². The molecule has 2 aliphatic carbocycles. The number of hydrogen-bond acceptors (Lipinski definition) is 0. The maximum atomic E-state index is 2.70. The van der Waals surface area contributed by atoms with E-state index in [1.165, 1.54) is 97.6 Å². The van der Waals surface area contributed by atoms with Gasteiger partial charge in [0.1, 0.15) is 0 Å². The second-order valence-electron chi connectivity index (χ2n) is 13.7. The van der Waals surface area contributed by atoms with Crippen LogP contribution >= 0.6 is 0 Å². The normalized spacial score (nSPS) is 15.6. The van der Waals surface area contributed by atoms with Gasteiger partial charge in [0.25, 0.3) is 0 Å². The van der Waals surface area contributed by atoms with Crippen molar-refractivity contribution in [1.29, 1.82) is 0 Å². The van der Waals surface area contributed by atoms with Crippen LogP contribution in [0.3, 0.4) is 0 Å². The third-order valence-electron chi connectivity index (χ3n) is 10.3. The van der Waals surface area contributed by atoms with Crippen molar-refractivity contribution in [3.63, 3.8) is 0 Å². The van der Waals surface area contributed by atoms with Gasteiger partial charge in [0.15, 0.2) is 0 Å². The topological polar surface area (TPSA) is 0 Å². The van der Waals surface area contributed by atoms with Gasteiger partial charge in [-0.1, -0.05) is 0 Å². The van der Waals surface area contributed by atoms with Crippen LogP contribution in [0, 0.1) is 0 Å². The monoisotopic (exact) mass is 768 g/mol. The fourth-order valence-corrected chi connectivity index (χ4v) is 28.6. The summed E-state index contributed by atoms with van der Waals surface area (Å²) in [7, 11) is 0. The average Bonchev–Trinajstić information content (AvgIpc) is 3.64.